The molecular weight excluding hydrogens is 160 g/mol. The first-order valence-corrected chi connectivity index (χ1v) is 5.22. The Morgan fingerprint density at radius 3 is 2.69 bits per heavy atom. The second-order valence-corrected chi connectivity index (χ2v) is 3.88. The van der Waals surface area contributed by atoms with Gasteiger partial charge in [0.05, 0.1) is 6.54 Å². The number of rotatable bonds is 7. The molecule has 2 N–H and O–H groups in total. The normalized spacial score (nSPS) is 16.1. The van der Waals surface area contributed by atoms with Gasteiger partial charge < -0.3 is 5.73 Å². The number of nitrogens with zero attached hydrogens (tertiary/aromatic N) is 1. The Kier molecular flexibility index (Phi) is 4.88. The van der Waals surface area contributed by atoms with Crippen LogP contribution in [-0.2, 0) is 0 Å². The fourth-order valence-electron chi connectivity index (χ4n) is 1.51. The van der Waals surface area contributed by atoms with E-state index < -0.39 is 0 Å². The highest BCUT2D eigenvalue weighted by Crippen LogP contribution is 2.29. The summed E-state index contributed by atoms with van der Waals surface area (Å²) in [7, 11) is 0. The second-order valence-electron chi connectivity index (χ2n) is 3.88. The van der Waals surface area contributed by atoms with Crippen LogP contribution in [-0.4, -0.2) is 31.1 Å². The predicted octanol–water partition coefficient (Wildman–Crippen LogP) is 1.07. The van der Waals surface area contributed by atoms with Crippen molar-refractivity contribution in [1.82, 2.24) is 4.90 Å². The highest BCUT2D eigenvalue weighted by atomic mass is 15.1. The second kappa shape index (κ2) is 6.01. The Morgan fingerprint density at radius 2 is 2.15 bits per heavy atom. The third-order valence-corrected chi connectivity index (χ3v) is 2.46. The summed E-state index contributed by atoms with van der Waals surface area (Å²) in [6.07, 6.45) is 10.4. The molecule has 1 aliphatic carbocycles. The van der Waals surface area contributed by atoms with E-state index in [9.17, 15) is 0 Å². The average Bonchev–Trinajstić information content (AvgIpc) is 2.89. The van der Waals surface area contributed by atoms with Crippen LogP contribution < -0.4 is 5.73 Å². The van der Waals surface area contributed by atoms with E-state index >= 15 is 0 Å². The lowest BCUT2D eigenvalue weighted by Gasteiger charge is -2.18. The molecule has 0 bridgehead atoms. The molecule has 0 aromatic rings. The topological polar surface area (TPSA) is 29.3 Å². The molecule has 1 saturated carbocycles. The van der Waals surface area contributed by atoms with Crippen LogP contribution in [0.4, 0.5) is 0 Å². The summed E-state index contributed by atoms with van der Waals surface area (Å²) in [5, 5.41) is 0. The molecule has 0 spiro atoms. The van der Waals surface area contributed by atoms with Gasteiger partial charge in [0.25, 0.3) is 0 Å². The first kappa shape index (κ1) is 10.6. The zero-order valence-corrected chi connectivity index (χ0v) is 8.34. The fraction of sp³-hybridized carbons (Fsp3) is 0.818. The van der Waals surface area contributed by atoms with Gasteiger partial charge in [-0.1, -0.05) is 5.92 Å². The van der Waals surface area contributed by atoms with Crippen LogP contribution in [0.3, 0.4) is 0 Å². The molecule has 13 heavy (non-hydrogen) atoms. The number of terminal acetylenes is 1. The predicted molar refractivity (Wildman–Crippen MR) is 56.3 cm³/mol. The lowest BCUT2D eigenvalue weighted by molar-refractivity contribution is 0.289. The van der Waals surface area contributed by atoms with Gasteiger partial charge in [0.1, 0.15) is 0 Å². The van der Waals surface area contributed by atoms with Crippen molar-refractivity contribution in [2.24, 2.45) is 11.7 Å². The molecular formula is C11H20N2. The average molecular weight is 180 g/mol. The van der Waals surface area contributed by atoms with Gasteiger partial charge in [-0.15, -0.1) is 6.42 Å². The van der Waals surface area contributed by atoms with E-state index in [2.05, 4.69) is 10.8 Å². The van der Waals surface area contributed by atoms with Crippen LogP contribution in [0.2, 0.25) is 0 Å². The molecule has 0 unspecified atom stereocenters. The van der Waals surface area contributed by atoms with Gasteiger partial charge in [0.15, 0.2) is 0 Å². The quantitative estimate of drug-likeness (QED) is 0.469. The summed E-state index contributed by atoms with van der Waals surface area (Å²) in [6.45, 7) is 3.93. The molecule has 0 heterocycles. The molecule has 1 aliphatic rings. The Hall–Kier alpha value is -0.520. The van der Waals surface area contributed by atoms with Gasteiger partial charge in [0.2, 0.25) is 0 Å². The molecule has 2 nitrogen and oxygen atoms in total. The van der Waals surface area contributed by atoms with Crippen molar-refractivity contribution in [3.63, 3.8) is 0 Å². The Morgan fingerprint density at radius 1 is 1.38 bits per heavy atom. The van der Waals surface area contributed by atoms with Gasteiger partial charge in [-0.3, -0.25) is 4.90 Å². The molecule has 0 atom stereocenters. The van der Waals surface area contributed by atoms with Crippen LogP contribution in [0, 0.1) is 18.3 Å². The van der Waals surface area contributed by atoms with Gasteiger partial charge in [-0.2, -0.15) is 0 Å². The van der Waals surface area contributed by atoms with Crippen LogP contribution in [0.25, 0.3) is 0 Å². The van der Waals surface area contributed by atoms with E-state index in [0.717, 1.165) is 32.0 Å². The smallest absolute Gasteiger partial charge is 0.0599 e. The van der Waals surface area contributed by atoms with Crippen molar-refractivity contribution in [3.05, 3.63) is 0 Å². The highest BCUT2D eigenvalue weighted by molar-refractivity contribution is 4.90. The van der Waals surface area contributed by atoms with E-state index in [-0.39, 0.29) is 0 Å². The minimum atomic E-state index is 0.799. The zero-order valence-electron chi connectivity index (χ0n) is 8.34. The number of unbranched alkanes of at least 4 members (excludes halogenated alkanes) is 1. The van der Waals surface area contributed by atoms with Crippen LogP contribution in [0.1, 0.15) is 25.7 Å². The number of nitrogens with two attached hydrogens (primary N) is 1. The van der Waals surface area contributed by atoms with Crippen LogP contribution >= 0.6 is 0 Å². The molecule has 0 amide bonds. The monoisotopic (exact) mass is 180 g/mol. The van der Waals surface area contributed by atoms with Gasteiger partial charge >= 0.3 is 0 Å². The Bertz CT molecular complexity index is 167. The van der Waals surface area contributed by atoms with Crippen LogP contribution in [0.5, 0.6) is 0 Å². The van der Waals surface area contributed by atoms with Crippen molar-refractivity contribution >= 4 is 0 Å². The van der Waals surface area contributed by atoms with Crippen molar-refractivity contribution < 1.29 is 0 Å². The molecule has 0 aromatic heterocycles. The lowest BCUT2D eigenvalue weighted by Crippen LogP contribution is -2.27. The maximum absolute atomic E-state index is 5.44. The molecule has 0 radical (unpaired) electrons. The van der Waals surface area contributed by atoms with Gasteiger partial charge in [-0.05, 0) is 44.7 Å². The molecule has 2 heteroatoms. The standard InChI is InChI=1S/C11H20N2/c1-2-8-13(9-4-3-7-12)10-11-5-6-11/h1,11H,3-10,12H2. The third-order valence-electron chi connectivity index (χ3n) is 2.46. The third kappa shape index (κ3) is 4.92. The van der Waals surface area contributed by atoms with E-state index in [1.165, 1.54) is 25.8 Å². The molecule has 74 valence electrons. The lowest BCUT2D eigenvalue weighted by atomic mass is 10.2. The van der Waals surface area contributed by atoms with E-state index in [1.807, 2.05) is 0 Å². The summed E-state index contributed by atoms with van der Waals surface area (Å²) in [5.41, 5.74) is 5.44. The fourth-order valence-corrected chi connectivity index (χ4v) is 1.51. The molecule has 0 aliphatic heterocycles. The van der Waals surface area contributed by atoms with E-state index in [4.69, 9.17) is 12.2 Å². The van der Waals surface area contributed by atoms with E-state index in [0.29, 0.717) is 0 Å². The van der Waals surface area contributed by atoms with Gasteiger partial charge in [0, 0.05) is 6.54 Å². The van der Waals surface area contributed by atoms with Crippen LogP contribution in [0.15, 0.2) is 0 Å². The zero-order chi connectivity index (χ0) is 9.52. The first-order valence-electron chi connectivity index (χ1n) is 5.22. The minimum absolute atomic E-state index is 0.799. The number of hydrogen-bond acceptors (Lipinski definition) is 2. The summed E-state index contributed by atoms with van der Waals surface area (Å²) in [6, 6.07) is 0. The molecule has 1 fully saturated rings. The Balaban J connectivity index is 2.09. The number of hydrogen-bond donors (Lipinski definition) is 1. The molecule has 0 aromatic carbocycles. The summed E-state index contributed by atoms with van der Waals surface area (Å²) >= 11 is 0. The summed E-state index contributed by atoms with van der Waals surface area (Å²) in [4.78, 5) is 2.38. The first-order chi connectivity index (χ1) is 6.36. The van der Waals surface area contributed by atoms with Crippen molar-refractivity contribution in [2.75, 3.05) is 26.2 Å². The van der Waals surface area contributed by atoms with E-state index in [1.54, 1.807) is 0 Å². The van der Waals surface area contributed by atoms with Crippen molar-refractivity contribution in [3.8, 4) is 12.3 Å². The minimum Gasteiger partial charge on any atom is -0.330 e. The maximum Gasteiger partial charge on any atom is 0.0599 e. The summed E-state index contributed by atoms with van der Waals surface area (Å²) < 4.78 is 0. The molecule has 0 saturated heterocycles. The maximum atomic E-state index is 5.44. The summed E-state index contributed by atoms with van der Waals surface area (Å²) in [5.74, 6) is 3.66. The highest BCUT2D eigenvalue weighted by Gasteiger charge is 2.23. The van der Waals surface area contributed by atoms with Crippen molar-refractivity contribution in [2.45, 2.75) is 25.7 Å². The Labute approximate surface area is 81.5 Å². The van der Waals surface area contributed by atoms with Crippen molar-refractivity contribution in [1.29, 1.82) is 0 Å². The largest absolute Gasteiger partial charge is 0.330 e. The SMILES string of the molecule is C#CCN(CCCCN)CC1CC1. The van der Waals surface area contributed by atoms with Gasteiger partial charge in [-0.25, -0.2) is 0 Å². The molecule has 1 rings (SSSR count).